The van der Waals surface area contributed by atoms with E-state index in [1.54, 1.807) is 6.07 Å². The minimum absolute atomic E-state index is 0.105. The lowest BCUT2D eigenvalue weighted by Crippen LogP contribution is -2.24. The number of carbonyl (C=O) groups excluding carboxylic acids is 1. The van der Waals surface area contributed by atoms with E-state index in [0.717, 1.165) is 22.4 Å². The smallest absolute Gasteiger partial charge is 0.271 e. The molecule has 0 aliphatic carbocycles. The third-order valence-electron chi connectivity index (χ3n) is 4.36. The fourth-order valence-corrected chi connectivity index (χ4v) is 3.55. The Morgan fingerprint density at radius 2 is 1.68 bits per heavy atom. The van der Waals surface area contributed by atoms with E-state index in [1.165, 1.54) is 22.5 Å². The lowest BCUT2D eigenvalue weighted by atomic mass is 10.1. The monoisotopic (exact) mass is 393 g/mol. The van der Waals surface area contributed by atoms with E-state index in [2.05, 4.69) is 10.4 Å². The van der Waals surface area contributed by atoms with Crippen molar-refractivity contribution in [1.29, 1.82) is 0 Å². The van der Waals surface area contributed by atoms with E-state index in [9.17, 15) is 9.59 Å². The van der Waals surface area contributed by atoms with Gasteiger partial charge in [-0.05, 0) is 57.5 Å². The van der Waals surface area contributed by atoms with Crippen LogP contribution in [0.25, 0.3) is 5.69 Å². The van der Waals surface area contributed by atoms with Crippen LogP contribution in [0.1, 0.15) is 23.6 Å². The van der Waals surface area contributed by atoms with Crippen molar-refractivity contribution in [2.75, 3.05) is 5.32 Å². The number of nitrogens with zero attached hydrogens (tertiary/aromatic N) is 2. The molecule has 144 valence electrons. The number of nitrogens with one attached hydrogen (secondary N) is 1. The number of hydrogen-bond acceptors (Lipinski definition) is 4. The maximum absolute atomic E-state index is 12.6. The third-order valence-corrected chi connectivity index (χ3v) is 5.39. The lowest BCUT2D eigenvalue weighted by molar-refractivity contribution is -0.115. The van der Waals surface area contributed by atoms with Crippen molar-refractivity contribution in [2.24, 2.45) is 0 Å². The number of benzene rings is 2. The Morgan fingerprint density at radius 1 is 1.00 bits per heavy atom. The highest BCUT2D eigenvalue weighted by molar-refractivity contribution is 8.00. The normalized spacial score (nSPS) is 11.9. The number of carbonyl (C=O) groups is 1. The molecule has 0 spiro atoms. The highest BCUT2D eigenvalue weighted by Gasteiger charge is 2.17. The van der Waals surface area contributed by atoms with Crippen LogP contribution in [0.5, 0.6) is 0 Å². The highest BCUT2D eigenvalue weighted by atomic mass is 32.2. The number of aromatic nitrogens is 2. The van der Waals surface area contributed by atoms with Gasteiger partial charge in [0.15, 0.2) is 0 Å². The van der Waals surface area contributed by atoms with Crippen molar-refractivity contribution < 1.29 is 4.79 Å². The average molecular weight is 394 g/mol. The summed E-state index contributed by atoms with van der Waals surface area (Å²) in [5, 5.41) is 7.63. The first-order valence-corrected chi connectivity index (χ1v) is 9.93. The largest absolute Gasteiger partial charge is 0.325 e. The summed E-state index contributed by atoms with van der Waals surface area (Å²) in [6, 6.07) is 16.6. The van der Waals surface area contributed by atoms with Crippen LogP contribution in [0.2, 0.25) is 0 Å². The Hall–Kier alpha value is -2.86. The predicted octanol–water partition coefficient (Wildman–Crippen LogP) is 4.28. The number of anilines is 1. The fraction of sp³-hybridized carbons (Fsp3) is 0.227. The Morgan fingerprint density at radius 3 is 2.36 bits per heavy atom. The summed E-state index contributed by atoms with van der Waals surface area (Å²) in [5.41, 5.74) is 4.59. The first-order chi connectivity index (χ1) is 13.3. The molecule has 0 aliphatic heterocycles. The topological polar surface area (TPSA) is 64.0 Å². The zero-order valence-electron chi connectivity index (χ0n) is 16.4. The van der Waals surface area contributed by atoms with Crippen LogP contribution in [0.15, 0.2) is 64.4 Å². The lowest BCUT2D eigenvalue weighted by Gasteiger charge is -2.14. The van der Waals surface area contributed by atoms with Gasteiger partial charge in [-0.15, -0.1) is 0 Å². The summed E-state index contributed by atoms with van der Waals surface area (Å²) in [6.45, 7) is 7.81. The van der Waals surface area contributed by atoms with E-state index in [0.29, 0.717) is 10.7 Å². The maximum Gasteiger partial charge on any atom is 0.271 e. The molecule has 0 unspecified atom stereocenters. The van der Waals surface area contributed by atoms with Gasteiger partial charge in [-0.3, -0.25) is 9.59 Å². The predicted molar refractivity (Wildman–Crippen MR) is 114 cm³/mol. The van der Waals surface area contributed by atoms with Crippen molar-refractivity contribution in [3.05, 3.63) is 81.6 Å². The minimum Gasteiger partial charge on any atom is -0.325 e. The third kappa shape index (κ3) is 4.70. The van der Waals surface area contributed by atoms with Crippen LogP contribution in [-0.2, 0) is 4.79 Å². The molecule has 0 fully saturated rings. The van der Waals surface area contributed by atoms with Crippen molar-refractivity contribution in [3.63, 3.8) is 0 Å². The molecule has 2 aromatic carbocycles. The fourth-order valence-electron chi connectivity index (χ4n) is 2.75. The molecule has 6 heteroatoms. The van der Waals surface area contributed by atoms with Crippen LogP contribution in [0, 0.1) is 20.8 Å². The van der Waals surface area contributed by atoms with Gasteiger partial charge in [-0.1, -0.05) is 47.2 Å². The Balaban J connectivity index is 1.75. The number of rotatable bonds is 5. The first kappa shape index (κ1) is 19.9. The molecule has 0 saturated heterocycles. The highest BCUT2D eigenvalue weighted by Crippen LogP contribution is 2.23. The zero-order chi connectivity index (χ0) is 20.3. The van der Waals surface area contributed by atoms with Crippen LogP contribution >= 0.6 is 11.8 Å². The molecule has 3 aromatic rings. The van der Waals surface area contributed by atoms with Crippen LogP contribution < -0.4 is 10.9 Å². The summed E-state index contributed by atoms with van der Waals surface area (Å²) in [7, 11) is 0. The summed E-state index contributed by atoms with van der Waals surface area (Å²) >= 11 is 1.32. The molecular formula is C22H23N3O2S. The van der Waals surface area contributed by atoms with Crippen molar-refractivity contribution >= 4 is 23.4 Å². The van der Waals surface area contributed by atoms with Gasteiger partial charge in [-0.25, -0.2) is 0 Å². The zero-order valence-corrected chi connectivity index (χ0v) is 17.2. The second-order valence-electron chi connectivity index (χ2n) is 6.82. The minimum atomic E-state index is -0.364. The van der Waals surface area contributed by atoms with Gasteiger partial charge in [0.05, 0.1) is 10.9 Å². The standard InChI is InChI=1S/C22H23N3O2S/c1-14-5-8-18(9-6-14)25-21(26)12-11-20(24-25)28-17(4)22(27)23-19-10-7-15(2)13-16(19)3/h5-13,17H,1-4H3,(H,23,27)/t17-/m1/s1. The van der Waals surface area contributed by atoms with Crippen molar-refractivity contribution in [3.8, 4) is 5.69 Å². The maximum atomic E-state index is 12.6. The van der Waals surface area contributed by atoms with Gasteiger partial charge in [0.1, 0.15) is 5.03 Å². The molecular weight excluding hydrogens is 370 g/mol. The molecule has 0 saturated carbocycles. The Kier molecular flexibility index (Phi) is 5.99. The molecule has 1 aromatic heterocycles. The van der Waals surface area contributed by atoms with Crippen LogP contribution in [0.4, 0.5) is 5.69 Å². The Bertz CT molecular complexity index is 1060. The summed E-state index contributed by atoms with van der Waals surface area (Å²) in [4.78, 5) is 24.8. The van der Waals surface area contributed by atoms with E-state index in [1.807, 2.05) is 70.2 Å². The van der Waals surface area contributed by atoms with E-state index >= 15 is 0 Å². The molecule has 0 aliphatic rings. The number of amides is 1. The summed E-state index contributed by atoms with van der Waals surface area (Å²) in [5.74, 6) is -0.105. The molecule has 0 radical (unpaired) electrons. The van der Waals surface area contributed by atoms with Gasteiger partial charge >= 0.3 is 0 Å². The van der Waals surface area contributed by atoms with Crippen molar-refractivity contribution in [1.82, 2.24) is 9.78 Å². The van der Waals surface area contributed by atoms with E-state index < -0.39 is 0 Å². The molecule has 3 rings (SSSR count). The molecule has 1 N–H and O–H groups in total. The summed E-state index contributed by atoms with van der Waals surface area (Å²) in [6.07, 6.45) is 0. The second kappa shape index (κ2) is 8.44. The van der Waals surface area contributed by atoms with E-state index in [4.69, 9.17) is 0 Å². The quantitative estimate of drug-likeness (QED) is 0.657. The number of hydrogen-bond donors (Lipinski definition) is 1. The molecule has 5 nitrogen and oxygen atoms in total. The molecule has 28 heavy (non-hydrogen) atoms. The number of aryl methyl sites for hydroxylation is 3. The van der Waals surface area contributed by atoms with E-state index in [-0.39, 0.29) is 16.7 Å². The SMILES string of the molecule is Cc1ccc(-n2nc(S[C@H](C)C(=O)Nc3ccc(C)cc3C)ccc2=O)cc1. The molecule has 1 amide bonds. The number of thioether (sulfide) groups is 1. The van der Waals surface area contributed by atoms with Gasteiger partial charge in [0.2, 0.25) is 5.91 Å². The van der Waals surface area contributed by atoms with Gasteiger partial charge < -0.3 is 5.32 Å². The first-order valence-electron chi connectivity index (χ1n) is 9.06. The van der Waals surface area contributed by atoms with Crippen molar-refractivity contribution in [2.45, 2.75) is 38.0 Å². The van der Waals surface area contributed by atoms with Gasteiger partial charge in [0, 0.05) is 11.8 Å². The summed E-state index contributed by atoms with van der Waals surface area (Å²) < 4.78 is 1.36. The van der Waals surface area contributed by atoms with Crippen LogP contribution in [-0.4, -0.2) is 20.9 Å². The molecule has 1 atom stereocenters. The van der Waals surface area contributed by atoms with Crippen LogP contribution in [0.3, 0.4) is 0 Å². The second-order valence-corrected chi connectivity index (χ2v) is 8.19. The average Bonchev–Trinajstić information content (AvgIpc) is 2.66. The molecule has 0 bridgehead atoms. The van der Waals surface area contributed by atoms with Gasteiger partial charge in [-0.2, -0.15) is 9.78 Å². The molecule has 1 heterocycles. The Labute approximate surface area is 168 Å². The van der Waals surface area contributed by atoms with Gasteiger partial charge in [0.25, 0.3) is 5.56 Å².